The fourth-order valence-electron chi connectivity index (χ4n) is 2.78. The van der Waals surface area contributed by atoms with Crippen molar-refractivity contribution in [2.75, 3.05) is 6.61 Å². The SMILES string of the molecule is CC(C)OP1(=O)OC[C@]2(C(F)F)O[C@H](n3ccc(=O)[nH]c3=O)[C@H](F)[C@H]2O1. The zero-order valence-electron chi connectivity index (χ0n) is 13.6. The van der Waals surface area contributed by atoms with Crippen LogP contribution >= 0.6 is 7.82 Å². The van der Waals surface area contributed by atoms with Gasteiger partial charge in [0.25, 0.3) is 12.0 Å². The molecule has 0 aliphatic carbocycles. The molecular weight excluding hydrogens is 384 g/mol. The lowest BCUT2D eigenvalue weighted by atomic mass is 9.97. The van der Waals surface area contributed by atoms with Crippen LogP contribution in [0.4, 0.5) is 13.2 Å². The van der Waals surface area contributed by atoms with Gasteiger partial charge >= 0.3 is 13.5 Å². The summed E-state index contributed by atoms with van der Waals surface area (Å²) < 4.78 is 75.1. The van der Waals surface area contributed by atoms with Crippen LogP contribution in [0, 0.1) is 0 Å². The Balaban J connectivity index is 1.99. The zero-order chi connectivity index (χ0) is 19.3. The van der Waals surface area contributed by atoms with Crippen molar-refractivity contribution in [1.82, 2.24) is 9.55 Å². The molecule has 0 saturated carbocycles. The predicted octanol–water partition coefficient (Wildman–Crippen LogP) is 1.36. The molecule has 3 rings (SSSR count). The average Bonchev–Trinajstić information content (AvgIpc) is 2.80. The number of fused-ring (bicyclic) bond motifs is 1. The van der Waals surface area contributed by atoms with Crippen molar-refractivity contribution in [3.05, 3.63) is 33.1 Å². The first-order valence-corrected chi connectivity index (χ1v) is 9.07. The van der Waals surface area contributed by atoms with Crippen LogP contribution in [-0.2, 0) is 22.9 Å². The summed E-state index contributed by atoms with van der Waals surface area (Å²) in [4.78, 5) is 24.8. The van der Waals surface area contributed by atoms with E-state index in [4.69, 9.17) is 18.3 Å². The Hall–Kier alpha value is -1.46. The van der Waals surface area contributed by atoms with Gasteiger partial charge in [0.15, 0.2) is 18.0 Å². The Bertz CT molecular complexity index is 844. The van der Waals surface area contributed by atoms with E-state index in [1.807, 2.05) is 4.98 Å². The number of ether oxygens (including phenoxy) is 1. The van der Waals surface area contributed by atoms with E-state index >= 15 is 0 Å². The van der Waals surface area contributed by atoms with E-state index < -0.39 is 62.3 Å². The molecule has 0 spiro atoms. The summed E-state index contributed by atoms with van der Waals surface area (Å²) in [6.07, 6.45) is -9.17. The summed E-state index contributed by atoms with van der Waals surface area (Å²) in [7, 11) is -4.30. The predicted molar refractivity (Wildman–Crippen MR) is 79.7 cm³/mol. The van der Waals surface area contributed by atoms with E-state index in [0.29, 0.717) is 4.57 Å². The molecule has 3 heterocycles. The summed E-state index contributed by atoms with van der Waals surface area (Å²) in [5.41, 5.74) is -4.40. The highest BCUT2D eigenvalue weighted by Gasteiger charge is 2.67. The van der Waals surface area contributed by atoms with Gasteiger partial charge in [-0.25, -0.2) is 22.5 Å². The minimum atomic E-state index is -4.30. The molecule has 1 aromatic rings. The molecule has 0 aromatic carbocycles. The van der Waals surface area contributed by atoms with Crippen molar-refractivity contribution in [2.45, 2.75) is 50.5 Å². The third kappa shape index (κ3) is 3.16. The highest BCUT2D eigenvalue weighted by atomic mass is 31.2. The fraction of sp³-hybridized carbons (Fsp3) is 0.692. The lowest BCUT2D eigenvalue weighted by molar-refractivity contribution is -0.208. The summed E-state index contributed by atoms with van der Waals surface area (Å²) >= 11 is 0. The van der Waals surface area contributed by atoms with E-state index in [1.54, 1.807) is 0 Å². The largest absolute Gasteiger partial charge is 0.475 e. The Morgan fingerprint density at radius 2 is 2.12 bits per heavy atom. The Morgan fingerprint density at radius 3 is 2.69 bits per heavy atom. The quantitative estimate of drug-likeness (QED) is 0.760. The molecule has 2 aliphatic heterocycles. The Labute approximate surface area is 144 Å². The molecule has 2 saturated heterocycles. The fourth-order valence-corrected chi connectivity index (χ4v) is 4.40. The van der Waals surface area contributed by atoms with Gasteiger partial charge in [-0.2, -0.15) is 0 Å². The first kappa shape index (κ1) is 19.3. The normalized spacial score (nSPS) is 37.3. The number of H-pyrrole nitrogens is 1. The summed E-state index contributed by atoms with van der Waals surface area (Å²) in [5, 5.41) is 0. The molecule has 1 N–H and O–H groups in total. The van der Waals surface area contributed by atoms with Gasteiger partial charge in [0.2, 0.25) is 0 Å². The smallest absolute Gasteiger partial charge is 0.337 e. The van der Waals surface area contributed by atoms with Crippen LogP contribution in [0.1, 0.15) is 20.1 Å². The second-order valence-electron chi connectivity index (χ2n) is 6.13. The number of hydrogen-bond donors (Lipinski definition) is 1. The molecule has 2 aliphatic rings. The van der Waals surface area contributed by atoms with Crippen LogP contribution in [0.25, 0.3) is 0 Å². The van der Waals surface area contributed by atoms with Crippen LogP contribution in [-0.4, -0.2) is 46.6 Å². The molecule has 0 radical (unpaired) electrons. The van der Waals surface area contributed by atoms with Crippen LogP contribution in [0.3, 0.4) is 0 Å². The summed E-state index contributed by atoms with van der Waals surface area (Å²) in [6, 6.07) is 0.901. The topological polar surface area (TPSA) is 109 Å². The van der Waals surface area contributed by atoms with Crippen molar-refractivity contribution < 1.29 is 36.0 Å². The first-order valence-electron chi connectivity index (χ1n) is 7.61. The Morgan fingerprint density at radius 1 is 1.42 bits per heavy atom. The van der Waals surface area contributed by atoms with Gasteiger partial charge in [0, 0.05) is 12.3 Å². The number of aromatic nitrogens is 2. The van der Waals surface area contributed by atoms with Crippen molar-refractivity contribution >= 4 is 7.82 Å². The molecule has 2 fully saturated rings. The molecule has 1 unspecified atom stereocenters. The average molecular weight is 400 g/mol. The molecule has 9 nitrogen and oxygen atoms in total. The first-order chi connectivity index (χ1) is 12.1. The second kappa shape index (κ2) is 6.61. The van der Waals surface area contributed by atoms with E-state index in [2.05, 4.69) is 0 Å². The molecule has 146 valence electrons. The maximum Gasteiger partial charge on any atom is 0.475 e. The van der Waals surface area contributed by atoms with Gasteiger partial charge in [-0.1, -0.05) is 0 Å². The highest BCUT2D eigenvalue weighted by Crippen LogP contribution is 2.61. The number of rotatable bonds is 4. The second-order valence-corrected chi connectivity index (χ2v) is 7.70. The molecular formula is C13H16F3N2O7P. The number of nitrogens with one attached hydrogen (secondary N) is 1. The van der Waals surface area contributed by atoms with Crippen LogP contribution < -0.4 is 11.2 Å². The van der Waals surface area contributed by atoms with Crippen molar-refractivity contribution in [3.63, 3.8) is 0 Å². The van der Waals surface area contributed by atoms with Crippen LogP contribution in [0.5, 0.6) is 0 Å². The third-order valence-corrected chi connectivity index (χ3v) is 5.52. The van der Waals surface area contributed by atoms with E-state index in [-0.39, 0.29) is 0 Å². The summed E-state index contributed by atoms with van der Waals surface area (Å²) in [6.45, 7) is 2.04. The molecule has 13 heteroatoms. The monoisotopic (exact) mass is 400 g/mol. The van der Waals surface area contributed by atoms with Gasteiger partial charge in [0.05, 0.1) is 12.7 Å². The van der Waals surface area contributed by atoms with Crippen molar-refractivity contribution in [1.29, 1.82) is 0 Å². The Kier molecular flexibility index (Phi) is 4.91. The maximum atomic E-state index is 14.9. The van der Waals surface area contributed by atoms with E-state index in [1.165, 1.54) is 13.8 Å². The van der Waals surface area contributed by atoms with Crippen LogP contribution in [0.15, 0.2) is 21.9 Å². The minimum Gasteiger partial charge on any atom is -0.337 e. The van der Waals surface area contributed by atoms with E-state index in [9.17, 15) is 27.3 Å². The van der Waals surface area contributed by atoms with Gasteiger partial charge in [-0.3, -0.25) is 27.9 Å². The van der Waals surface area contributed by atoms with Crippen LogP contribution in [0.2, 0.25) is 0 Å². The number of halogens is 3. The molecule has 26 heavy (non-hydrogen) atoms. The van der Waals surface area contributed by atoms with Gasteiger partial charge in [-0.05, 0) is 13.8 Å². The van der Waals surface area contributed by atoms with Gasteiger partial charge in [0.1, 0.15) is 6.10 Å². The number of aromatic amines is 1. The zero-order valence-corrected chi connectivity index (χ0v) is 14.5. The van der Waals surface area contributed by atoms with Crippen molar-refractivity contribution in [2.24, 2.45) is 0 Å². The minimum absolute atomic E-state index is 0.603. The molecule has 1 aromatic heterocycles. The molecule has 0 bridgehead atoms. The lowest BCUT2D eigenvalue weighted by Crippen LogP contribution is -2.55. The number of alkyl halides is 3. The van der Waals surface area contributed by atoms with E-state index in [0.717, 1.165) is 12.3 Å². The van der Waals surface area contributed by atoms with Gasteiger partial charge < -0.3 is 4.74 Å². The molecule has 0 amide bonds. The number of hydrogen-bond acceptors (Lipinski definition) is 7. The summed E-state index contributed by atoms with van der Waals surface area (Å²) in [5.74, 6) is 0. The number of phosphoric ester groups is 1. The van der Waals surface area contributed by atoms with Gasteiger partial charge in [-0.15, -0.1) is 0 Å². The highest BCUT2D eigenvalue weighted by molar-refractivity contribution is 7.48. The third-order valence-electron chi connectivity index (χ3n) is 3.91. The number of nitrogens with zero attached hydrogens (tertiary/aromatic N) is 1. The standard InChI is InChI=1S/C13H16F3N2O7P/c1-6(2)24-26(21)22-5-13(11(15)16)9(25-26)8(14)10(23-13)18-4-3-7(19)17-12(18)20/h3-4,6,8-11H,5H2,1-2H3,(H,17,19,20)/t8-,9-,10+,13+,26?/m1/s1. The molecule has 5 atom stereocenters. The lowest BCUT2D eigenvalue weighted by Gasteiger charge is -2.39. The maximum absolute atomic E-state index is 14.9. The number of phosphoric acid groups is 1. The van der Waals surface area contributed by atoms with Crippen molar-refractivity contribution in [3.8, 4) is 0 Å².